The second-order valence-electron chi connectivity index (χ2n) is 3.82. The Kier molecular flexibility index (Phi) is 3.45. The SMILES string of the molecule is [B]c1c(C(C)C)cc(C(=O)C=C)nc1C. The van der Waals surface area contributed by atoms with E-state index in [-0.39, 0.29) is 11.7 Å². The smallest absolute Gasteiger partial charge is 0.203 e. The maximum absolute atomic E-state index is 11.4. The molecule has 0 fully saturated rings. The van der Waals surface area contributed by atoms with Gasteiger partial charge < -0.3 is 0 Å². The summed E-state index contributed by atoms with van der Waals surface area (Å²) in [6.45, 7) is 9.32. The Morgan fingerprint density at radius 1 is 1.60 bits per heavy atom. The van der Waals surface area contributed by atoms with Crippen molar-refractivity contribution in [2.75, 3.05) is 0 Å². The van der Waals surface area contributed by atoms with Crippen molar-refractivity contribution >= 4 is 19.1 Å². The number of nitrogens with zero attached hydrogens (tertiary/aromatic N) is 1. The van der Waals surface area contributed by atoms with E-state index in [2.05, 4.69) is 11.6 Å². The van der Waals surface area contributed by atoms with Crippen LogP contribution in [-0.4, -0.2) is 18.6 Å². The molecule has 2 nitrogen and oxygen atoms in total. The van der Waals surface area contributed by atoms with Crippen molar-refractivity contribution in [1.29, 1.82) is 0 Å². The zero-order chi connectivity index (χ0) is 11.6. The van der Waals surface area contributed by atoms with Gasteiger partial charge in [-0.2, -0.15) is 0 Å². The zero-order valence-corrected chi connectivity index (χ0v) is 9.37. The van der Waals surface area contributed by atoms with Crippen LogP contribution in [0.3, 0.4) is 0 Å². The fourth-order valence-corrected chi connectivity index (χ4v) is 1.42. The van der Waals surface area contributed by atoms with E-state index in [1.807, 2.05) is 13.8 Å². The Balaban J connectivity index is 3.35. The van der Waals surface area contributed by atoms with Gasteiger partial charge in [0.2, 0.25) is 5.78 Å². The van der Waals surface area contributed by atoms with Crippen molar-refractivity contribution in [3.8, 4) is 0 Å². The molecule has 1 heterocycles. The van der Waals surface area contributed by atoms with E-state index >= 15 is 0 Å². The normalized spacial score (nSPS) is 10.4. The molecule has 0 aliphatic carbocycles. The molecule has 0 atom stereocenters. The predicted octanol–water partition coefficient (Wildman–Crippen LogP) is 1.68. The molecule has 0 bridgehead atoms. The molecule has 1 aromatic rings. The van der Waals surface area contributed by atoms with Gasteiger partial charge in [0.05, 0.1) is 0 Å². The molecule has 0 unspecified atom stereocenters. The quantitative estimate of drug-likeness (QED) is 0.421. The van der Waals surface area contributed by atoms with Crippen LogP contribution in [0.1, 0.15) is 41.5 Å². The molecule has 3 heteroatoms. The van der Waals surface area contributed by atoms with Gasteiger partial charge in [-0.3, -0.25) is 9.78 Å². The zero-order valence-electron chi connectivity index (χ0n) is 9.37. The van der Waals surface area contributed by atoms with Crippen molar-refractivity contribution in [3.63, 3.8) is 0 Å². The molecule has 0 N–H and O–H groups in total. The number of hydrogen-bond donors (Lipinski definition) is 0. The molecule has 15 heavy (non-hydrogen) atoms. The lowest BCUT2D eigenvalue weighted by Gasteiger charge is -2.13. The third-order valence-corrected chi connectivity index (χ3v) is 2.34. The fourth-order valence-electron chi connectivity index (χ4n) is 1.42. The van der Waals surface area contributed by atoms with Gasteiger partial charge in [-0.1, -0.05) is 25.9 Å². The molecule has 0 aliphatic rings. The Morgan fingerprint density at radius 3 is 2.67 bits per heavy atom. The van der Waals surface area contributed by atoms with Crippen LogP contribution < -0.4 is 5.46 Å². The van der Waals surface area contributed by atoms with E-state index in [0.29, 0.717) is 16.9 Å². The van der Waals surface area contributed by atoms with Crippen LogP contribution in [0.25, 0.3) is 0 Å². The van der Waals surface area contributed by atoms with E-state index < -0.39 is 0 Å². The first-order valence-electron chi connectivity index (χ1n) is 4.91. The summed E-state index contributed by atoms with van der Waals surface area (Å²) < 4.78 is 0. The monoisotopic (exact) mass is 199 g/mol. The summed E-state index contributed by atoms with van der Waals surface area (Å²) in [4.78, 5) is 15.6. The summed E-state index contributed by atoms with van der Waals surface area (Å²) >= 11 is 0. The maximum atomic E-state index is 11.4. The minimum absolute atomic E-state index is 0.167. The summed E-state index contributed by atoms with van der Waals surface area (Å²) in [6, 6.07) is 1.75. The summed E-state index contributed by atoms with van der Waals surface area (Å²) in [5, 5.41) is 0. The molecule has 76 valence electrons. The van der Waals surface area contributed by atoms with E-state index in [0.717, 1.165) is 5.56 Å². The number of hydrogen-bond acceptors (Lipinski definition) is 2. The van der Waals surface area contributed by atoms with Crippen LogP contribution in [0, 0.1) is 6.92 Å². The minimum Gasteiger partial charge on any atom is -0.288 e. The van der Waals surface area contributed by atoms with E-state index in [9.17, 15) is 4.79 Å². The first-order valence-corrected chi connectivity index (χ1v) is 4.91. The van der Waals surface area contributed by atoms with Crippen LogP contribution in [0.4, 0.5) is 0 Å². The van der Waals surface area contributed by atoms with Crippen molar-refractivity contribution < 1.29 is 4.79 Å². The topological polar surface area (TPSA) is 30.0 Å². The van der Waals surface area contributed by atoms with Gasteiger partial charge in [0, 0.05) is 5.69 Å². The number of rotatable bonds is 3. The van der Waals surface area contributed by atoms with Crippen LogP contribution >= 0.6 is 0 Å². The lowest BCUT2D eigenvalue weighted by atomic mass is 9.84. The Hall–Kier alpha value is -1.38. The van der Waals surface area contributed by atoms with Crippen molar-refractivity contribution in [3.05, 3.63) is 35.7 Å². The summed E-state index contributed by atoms with van der Waals surface area (Å²) in [6.07, 6.45) is 1.27. The molecule has 0 spiro atoms. The number of aryl methyl sites for hydroxylation is 1. The number of allylic oxidation sites excluding steroid dienone is 1. The average Bonchev–Trinajstić information content (AvgIpc) is 2.20. The molecule has 2 radical (unpaired) electrons. The second-order valence-corrected chi connectivity index (χ2v) is 3.82. The third-order valence-electron chi connectivity index (χ3n) is 2.34. The van der Waals surface area contributed by atoms with Gasteiger partial charge in [0.15, 0.2) is 0 Å². The van der Waals surface area contributed by atoms with Gasteiger partial charge in [0.25, 0.3) is 0 Å². The maximum Gasteiger partial charge on any atom is 0.203 e. The van der Waals surface area contributed by atoms with Crippen molar-refractivity contribution in [2.24, 2.45) is 0 Å². The highest BCUT2D eigenvalue weighted by Crippen LogP contribution is 2.14. The molecule has 1 rings (SSSR count). The summed E-state index contributed by atoms with van der Waals surface area (Å²) in [5.41, 5.74) is 2.75. The van der Waals surface area contributed by atoms with Gasteiger partial charge in [-0.25, -0.2) is 0 Å². The lowest BCUT2D eigenvalue weighted by Crippen LogP contribution is -2.19. The first kappa shape index (κ1) is 11.7. The average molecular weight is 199 g/mol. The molecular formula is C12H14BNO. The predicted molar refractivity (Wildman–Crippen MR) is 63.0 cm³/mol. The highest BCUT2D eigenvalue weighted by atomic mass is 16.1. The van der Waals surface area contributed by atoms with Crippen molar-refractivity contribution in [2.45, 2.75) is 26.7 Å². The minimum atomic E-state index is -0.167. The summed E-state index contributed by atoms with van der Waals surface area (Å²) in [5.74, 6) is 0.114. The lowest BCUT2D eigenvalue weighted by molar-refractivity contribution is 0.104. The number of pyridine rings is 1. The molecule has 0 amide bonds. The number of ketones is 1. The standard InChI is InChI=1S/C12H14BNO/c1-5-11(15)10-6-9(7(2)3)12(13)8(4)14-10/h5-7H,1H2,2-4H3. The second kappa shape index (κ2) is 4.43. The van der Waals surface area contributed by atoms with Crippen LogP contribution in [-0.2, 0) is 0 Å². The molecule has 0 saturated carbocycles. The molecule has 0 saturated heterocycles. The molecule has 1 aromatic heterocycles. The van der Waals surface area contributed by atoms with Crippen LogP contribution in [0.2, 0.25) is 0 Å². The third kappa shape index (κ3) is 2.35. The highest BCUT2D eigenvalue weighted by molar-refractivity contribution is 6.34. The van der Waals surface area contributed by atoms with Gasteiger partial charge in [-0.05, 0) is 30.5 Å². The van der Waals surface area contributed by atoms with Gasteiger partial charge in [-0.15, -0.1) is 0 Å². The molecule has 0 aromatic carbocycles. The largest absolute Gasteiger partial charge is 0.288 e. The Morgan fingerprint density at radius 2 is 2.20 bits per heavy atom. The summed E-state index contributed by atoms with van der Waals surface area (Å²) in [7, 11) is 5.89. The Bertz CT molecular complexity index is 410. The van der Waals surface area contributed by atoms with E-state index in [1.54, 1.807) is 13.0 Å². The number of carbonyl (C=O) groups is 1. The fraction of sp³-hybridized carbons (Fsp3) is 0.333. The Labute approximate surface area is 91.8 Å². The molecule has 0 aliphatic heterocycles. The number of carbonyl (C=O) groups excluding carboxylic acids is 1. The van der Waals surface area contributed by atoms with Crippen LogP contribution in [0.5, 0.6) is 0 Å². The highest BCUT2D eigenvalue weighted by Gasteiger charge is 2.11. The first-order chi connectivity index (χ1) is 6.97. The molecular weight excluding hydrogens is 185 g/mol. The van der Waals surface area contributed by atoms with Gasteiger partial charge in [0.1, 0.15) is 13.5 Å². The van der Waals surface area contributed by atoms with Crippen molar-refractivity contribution in [1.82, 2.24) is 4.98 Å². The van der Waals surface area contributed by atoms with E-state index in [1.165, 1.54) is 6.08 Å². The van der Waals surface area contributed by atoms with Crippen LogP contribution in [0.15, 0.2) is 18.7 Å². The number of aromatic nitrogens is 1. The van der Waals surface area contributed by atoms with Gasteiger partial charge >= 0.3 is 0 Å². The van der Waals surface area contributed by atoms with E-state index in [4.69, 9.17) is 7.85 Å².